The third kappa shape index (κ3) is 2.85. The number of halogens is 2. The lowest BCUT2D eigenvalue weighted by atomic mass is 10.4. The highest BCUT2D eigenvalue weighted by atomic mass is 32.1. The number of aliphatic hydroxyl groups is 1. The zero-order chi connectivity index (χ0) is 9.84. The molecule has 13 heavy (non-hydrogen) atoms. The number of nitrogens with one attached hydrogen (secondary N) is 1. The maximum absolute atomic E-state index is 12.0. The molecule has 0 saturated carbocycles. The van der Waals surface area contributed by atoms with E-state index in [9.17, 15) is 8.78 Å². The van der Waals surface area contributed by atoms with Gasteiger partial charge in [-0.25, -0.2) is 8.78 Å². The van der Waals surface area contributed by atoms with Gasteiger partial charge in [-0.05, 0) is 6.92 Å². The van der Waals surface area contributed by atoms with E-state index >= 15 is 0 Å². The van der Waals surface area contributed by atoms with Crippen LogP contribution >= 0.6 is 11.3 Å². The molecule has 0 amide bonds. The first-order valence-electron chi connectivity index (χ1n) is 3.62. The first kappa shape index (κ1) is 10.3. The van der Waals surface area contributed by atoms with Gasteiger partial charge in [-0.1, -0.05) is 11.3 Å². The van der Waals surface area contributed by atoms with Crippen LogP contribution in [0.25, 0.3) is 0 Å². The quantitative estimate of drug-likeness (QED) is 0.784. The lowest BCUT2D eigenvalue weighted by Crippen LogP contribution is -2.18. The van der Waals surface area contributed by atoms with E-state index in [0.29, 0.717) is 5.13 Å². The summed E-state index contributed by atoms with van der Waals surface area (Å²) in [6.07, 6.45) is -2.59. The van der Waals surface area contributed by atoms with E-state index in [1.165, 1.54) is 0 Å². The van der Waals surface area contributed by atoms with Crippen molar-refractivity contribution in [3.8, 4) is 0 Å². The number of anilines is 1. The molecule has 0 aliphatic carbocycles. The van der Waals surface area contributed by atoms with Gasteiger partial charge in [0.2, 0.25) is 5.13 Å². The molecule has 1 heterocycles. The first-order chi connectivity index (χ1) is 6.13. The van der Waals surface area contributed by atoms with Crippen molar-refractivity contribution in [1.29, 1.82) is 0 Å². The van der Waals surface area contributed by atoms with E-state index in [0.717, 1.165) is 11.3 Å². The molecule has 0 spiro atoms. The summed E-state index contributed by atoms with van der Waals surface area (Å²) in [7, 11) is 0. The van der Waals surface area contributed by atoms with Gasteiger partial charge in [-0.15, -0.1) is 10.2 Å². The maximum Gasteiger partial charge on any atom is 0.291 e. The van der Waals surface area contributed by atoms with Crippen LogP contribution in [0.15, 0.2) is 0 Å². The predicted molar refractivity (Wildman–Crippen MR) is 45.0 cm³/mol. The van der Waals surface area contributed by atoms with Crippen molar-refractivity contribution in [2.75, 3.05) is 11.9 Å². The van der Waals surface area contributed by atoms with Gasteiger partial charge in [-0.2, -0.15) is 0 Å². The Bertz CT molecular complexity index is 268. The first-order valence-corrected chi connectivity index (χ1v) is 4.44. The van der Waals surface area contributed by atoms with E-state index in [-0.39, 0.29) is 17.7 Å². The van der Waals surface area contributed by atoms with Gasteiger partial charge >= 0.3 is 0 Å². The van der Waals surface area contributed by atoms with Crippen LogP contribution in [0.5, 0.6) is 0 Å². The van der Waals surface area contributed by atoms with E-state index in [1.54, 1.807) is 6.92 Å². The summed E-state index contributed by atoms with van der Waals surface area (Å²) in [4.78, 5) is 0. The second-order valence-corrected chi connectivity index (χ2v) is 3.48. The number of hydrogen-bond donors (Lipinski definition) is 2. The van der Waals surface area contributed by atoms with Gasteiger partial charge in [-0.3, -0.25) is 0 Å². The molecule has 1 unspecified atom stereocenters. The van der Waals surface area contributed by atoms with Crippen LogP contribution in [-0.2, 0) is 0 Å². The largest absolute Gasteiger partial charge is 0.394 e. The van der Waals surface area contributed by atoms with E-state index in [2.05, 4.69) is 15.5 Å². The molecule has 0 radical (unpaired) electrons. The number of nitrogens with zero attached hydrogens (tertiary/aromatic N) is 2. The molecule has 4 nitrogen and oxygen atoms in total. The molecule has 2 N–H and O–H groups in total. The summed E-state index contributed by atoms with van der Waals surface area (Å²) in [6.45, 7) is 1.63. The molecule has 0 aromatic carbocycles. The second kappa shape index (κ2) is 4.43. The molecule has 0 aliphatic heterocycles. The zero-order valence-electron chi connectivity index (χ0n) is 6.87. The molecule has 1 rings (SSSR count). The Morgan fingerprint density at radius 1 is 1.54 bits per heavy atom. The average molecular weight is 209 g/mol. The Labute approximate surface area is 77.6 Å². The van der Waals surface area contributed by atoms with Crippen molar-refractivity contribution in [3.05, 3.63) is 5.01 Å². The Morgan fingerprint density at radius 2 is 2.23 bits per heavy atom. The minimum Gasteiger partial charge on any atom is -0.394 e. The van der Waals surface area contributed by atoms with Crippen molar-refractivity contribution in [2.24, 2.45) is 0 Å². The van der Waals surface area contributed by atoms with Gasteiger partial charge < -0.3 is 10.4 Å². The smallest absolute Gasteiger partial charge is 0.291 e. The summed E-state index contributed by atoms with van der Waals surface area (Å²) >= 11 is 0.790. The van der Waals surface area contributed by atoms with Crippen LogP contribution in [0.4, 0.5) is 13.9 Å². The van der Waals surface area contributed by atoms with E-state index in [1.807, 2.05) is 0 Å². The predicted octanol–water partition coefficient (Wildman–Crippen LogP) is 1.27. The van der Waals surface area contributed by atoms with Crippen LogP contribution in [0.1, 0.15) is 18.4 Å². The SMILES string of the molecule is CC(CO)Nc1nnc(C(F)F)s1. The van der Waals surface area contributed by atoms with Crippen molar-refractivity contribution < 1.29 is 13.9 Å². The van der Waals surface area contributed by atoms with Crippen molar-refractivity contribution in [1.82, 2.24) is 10.2 Å². The molecule has 7 heteroatoms. The summed E-state index contributed by atoms with van der Waals surface area (Å²) in [5.74, 6) is 0. The number of hydrogen-bond acceptors (Lipinski definition) is 5. The third-order valence-electron chi connectivity index (χ3n) is 1.27. The molecular weight excluding hydrogens is 200 g/mol. The molecule has 0 saturated heterocycles. The number of alkyl halides is 2. The standard InChI is InChI=1S/C6H9F2N3OS/c1-3(2-12)9-6-11-10-5(13-6)4(7)8/h3-4,12H,2H2,1H3,(H,9,11). The van der Waals surface area contributed by atoms with Gasteiger partial charge in [0, 0.05) is 6.04 Å². The molecule has 74 valence electrons. The summed E-state index contributed by atoms with van der Waals surface area (Å²) in [5.41, 5.74) is 0. The summed E-state index contributed by atoms with van der Waals surface area (Å²) in [5, 5.41) is 18.1. The van der Waals surface area contributed by atoms with E-state index < -0.39 is 6.43 Å². The Morgan fingerprint density at radius 3 is 2.69 bits per heavy atom. The average Bonchev–Trinajstić information content (AvgIpc) is 2.52. The Kier molecular flexibility index (Phi) is 3.49. The van der Waals surface area contributed by atoms with Gasteiger partial charge in [0.15, 0.2) is 5.01 Å². The van der Waals surface area contributed by atoms with Crippen molar-refractivity contribution in [2.45, 2.75) is 19.4 Å². The van der Waals surface area contributed by atoms with Crippen LogP contribution in [-0.4, -0.2) is 28.0 Å². The fourth-order valence-electron chi connectivity index (χ4n) is 0.638. The van der Waals surface area contributed by atoms with Crippen molar-refractivity contribution >= 4 is 16.5 Å². The fraction of sp³-hybridized carbons (Fsp3) is 0.667. The van der Waals surface area contributed by atoms with E-state index in [4.69, 9.17) is 5.11 Å². The molecule has 0 bridgehead atoms. The molecule has 0 fully saturated rings. The van der Waals surface area contributed by atoms with Gasteiger partial charge in [0.1, 0.15) is 0 Å². The topological polar surface area (TPSA) is 58.0 Å². The highest BCUT2D eigenvalue weighted by Gasteiger charge is 2.14. The van der Waals surface area contributed by atoms with Crippen LogP contribution in [0, 0.1) is 0 Å². The number of rotatable bonds is 4. The highest BCUT2D eigenvalue weighted by Crippen LogP contribution is 2.25. The minimum atomic E-state index is -2.59. The maximum atomic E-state index is 12.0. The number of aromatic nitrogens is 2. The summed E-state index contributed by atoms with van der Waals surface area (Å²) in [6, 6.07) is -0.210. The van der Waals surface area contributed by atoms with Crippen LogP contribution < -0.4 is 5.32 Å². The molecule has 1 aromatic heterocycles. The Balaban J connectivity index is 2.58. The number of aliphatic hydroxyl groups excluding tert-OH is 1. The monoisotopic (exact) mass is 209 g/mol. The lowest BCUT2D eigenvalue weighted by molar-refractivity contribution is 0.150. The molecule has 1 aromatic rings. The molecule has 1 atom stereocenters. The summed E-state index contributed by atoms with van der Waals surface area (Å²) < 4.78 is 24.1. The third-order valence-corrected chi connectivity index (χ3v) is 2.13. The van der Waals surface area contributed by atoms with Crippen LogP contribution in [0.3, 0.4) is 0 Å². The molecular formula is C6H9F2N3OS. The van der Waals surface area contributed by atoms with Crippen LogP contribution in [0.2, 0.25) is 0 Å². The minimum absolute atomic E-state index is 0.0798. The van der Waals surface area contributed by atoms with Crippen molar-refractivity contribution in [3.63, 3.8) is 0 Å². The highest BCUT2D eigenvalue weighted by molar-refractivity contribution is 7.15. The van der Waals surface area contributed by atoms with Gasteiger partial charge in [0.05, 0.1) is 6.61 Å². The second-order valence-electron chi connectivity index (χ2n) is 2.47. The normalized spacial score (nSPS) is 13.3. The molecule has 0 aliphatic rings. The lowest BCUT2D eigenvalue weighted by Gasteiger charge is -2.06. The fourth-order valence-corrected chi connectivity index (χ4v) is 1.35. The Hall–Kier alpha value is -0.820. The zero-order valence-corrected chi connectivity index (χ0v) is 7.68. The van der Waals surface area contributed by atoms with Gasteiger partial charge in [0.25, 0.3) is 6.43 Å².